The van der Waals surface area contributed by atoms with Crippen molar-refractivity contribution >= 4 is 29.1 Å². The molecule has 2 saturated heterocycles. The van der Waals surface area contributed by atoms with E-state index in [1.807, 2.05) is 35.2 Å². The topological polar surface area (TPSA) is 53.1 Å². The minimum Gasteiger partial charge on any atom is -0.497 e. The van der Waals surface area contributed by atoms with Crippen molar-refractivity contribution in [3.05, 3.63) is 94.5 Å². The van der Waals surface area contributed by atoms with Gasteiger partial charge in [0.1, 0.15) is 5.75 Å². The normalized spacial score (nSPS) is 19.7. The number of hydrogen-bond donors (Lipinski definition) is 0. The van der Waals surface area contributed by atoms with Crippen LogP contribution in [0.4, 0.5) is 5.69 Å². The Hall–Kier alpha value is -3.51. The highest BCUT2D eigenvalue weighted by molar-refractivity contribution is 6.31. The Bertz CT molecular complexity index is 1290. The molecule has 0 aromatic heterocycles. The highest BCUT2D eigenvalue weighted by Crippen LogP contribution is 2.36. The van der Waals surface area contributed by atoms with Crippen molar-refractivity contribution in [2.24, 2.45) is 5.92 Å². The molecule has 192 valence electrons. The Morgan fingerprint density at radius 1 is 0.865 bits per heavy atom. The largest absolute Gasteiger partial charge is 0.497 e. The minimum atomic E-state index is -0.319. The molecule has 0 saturated carbocycles. The Labute approximate surface area is 223 Å². The molecule has 5 rings (SSSR count). The van der Waals surface area contributed by atoms with E-state index in [1.165, 1.54) is 11.3 Å². The van der Waals surface area contributed by atoms with Crippen LogP contribution in [0.3, 0.4) is 0 Å². The lowest BCUT2D eigenvalue weighted by Crippen LogP contribution is -2.51. The molecule has 0 radical (unpaired) electrons. The van der Waals surface area contributed by atoms with Crippen LogP contribution in [0, 0.1) is 12.8 Å². The third-order valence-corrected chi connectivity index (χ3v) is 7.80. The zero-order valence-electron chi connectivity index (χ0n) is 21.3. The van der Waals surface area contributed by atoms with Gasteiger partial charge in [-0.15, -0.1) is 0 Å². The first-order valence-corrected chi connectivity index (χ1v) is 13.1. The predicted molar refractivity (Wildman–Crippen MR) is 147 cm³/mol. The molecular formula is C30H32ClN3O3. The fraction of sp³-hybridized carbons (Fsp3) is 0.333. The molecule has 2 amide bonds. The number of benzene rings is 3. The van der Waals surface area contributed by atoms with Gasteiger partial charge >= 0.3 is 0 Å². The van der Waals surface area contributed by atoms with Crippen LogP contribution in [0.1, 0.15) is 27.4 Å². The van der Waals surface area contributed by atoms with E-state index >= 15 is 0 Å². The number of methoxy groups -OCH3 is 1. The smallest absolute Gasteiger partial charge is 0.253 e. The van der Waals surface area contributed by atoms with Crippen LogP contribution in [0.25, 0.3) is 0 Å². The van der Waals surface area contributed by atoms with Crippen LogP contribution < -0.4 is 9.64 Å². The number of carbonyl (C=O) groups is 2. The first kappa shape index (κ1) is 25.2. The number of anilines is 1. The van der Waals surface area contributed by atoms with E-state index < -0.39 is 0 Å². The fourth-order valence-electron chi connectivity index (χ4n) is 5.55. The number of hydrogen-bond acceptors (Lipinski definition) is 4. The summed E-state index contributed by atoms with van der Waals surface area (Å²) in [5, 5.41) is 0.522. The SMILES string of the molecule is COc1cccc(C2CN(C(=O)c3cccc(Cl)c3)CC2C(=O)N2CCN(c3ccccc3C)CC2)c1. The number of nitrogens with zero attached hydrogens (tertiary/aromatic N) is 3. The van der Waals surface area contributed by atoms with Crippen LogP contribution in [0.5, 0.6) is 5.75 Å². The Kier molecular flexibility index (Phi) is 7.38. The summed E-state index contributed by atoms with van der Waals surface area (Å²) in [6.45, 7) is 5.88. The predicted octanol–water partition coefficient (Wildman–Crippen LogP) is 4.86. The average Bonchev–Trinajstić information content (AvgIpc) is 3.38. The lowest BCUT2D eigenvalue weighted by atomic mass is 9.87. The summed E-state index contributed by atoms with van der Waals surface area (Å²) in [4.78, 5) is 33.4. The lowest BCUT2D eigenvalue weighted by Gasteiger charge is -2.38. The van der Waals surface area contributed by atoms with E-state index in [2.05, 4.69) is 30.0 Å². The number of aryl methyl sites for hydroxylation is 1. The van der Waals surface area contributed by atoms with Gasteiger partial charge in [-0.1, -0.05) is 48.0 Å². The molecule has 6 nitrogen and oxygen atoms in total. The van der Waals surface area contributed by atoms with E-state index in [-0.39, 0.29) is 23.7 Å². The zero-order chi connectivity index (χ0) is 25.9. The highest BCUT2D eigenvalue weighted by atomic mass is 35.5. The number of piperazine rings is 1. The van der Waals surface area contributed by atoms with E-state index in [1.54, 1.807) is 36.3 Å². The summed E-state index contributed by atoms with van der Waals surface area (Å²) in [5.74, 6) is 0.323. The third-order valence-electron chi connectivity index (χ3n) is 7.57. The van der Waals surface area contributed by atoms with Crippen molar-refractivity contribution in [1.29, 1.82) is 0 Å². The number of ether oxygens (including phenoxy) is 1. The molecule has 2 aliphatic rings. The maximum atomic E-state index is 13.9. The molecule has 7 heteroatoms. The number of rotatable bonds is 5. The molecular weight excluding hydrogens is 486 g/mol. The molecule has 37 heavy (non-hydrogen) atoms. The average molecular weight is 518 g/mol. The monoisotopic (exact) mass is 517 g/mol. The van der Waals surface area contributed by atoms with Gasteiger partial charge in [-0.3, -0.25) is 9.59 Å². The third kappa shape index (κ3) is 5.30. The molecule has 0 aliphatic carbocycles. The summed E-state index contributed by atoms with van der Waals surface area (Å²) in [5.41, 5.74) is 4.02. The van der Waals surface area contributed by atoms with Gasteiger partial charge in [0.15, 0.2) is 0 Å². The molecule has 0 spiro atoms. The first-order chi connectivity index (χ1) is 17.9. The molecule has 0 bridgehead atoms. The Morgan fingerprint density at radius 3 is 2.35 bits per heavy atom. The van der Waals surface area contributed by atoms with Gasteiger partial charge in [0.25, 0.3) is 5.91 Å². The van der Waals surface area contributed by atoms with Crippen LogP contribution in [-0.2, 0) is 4.79 Å². The molecule has 0 N–H and O–H groups in total. The van der Waals surface area contributed by atoms with Crippen molar-refractivity contribution in [3.63, 3.8) is 0 Å². The van der Waals surface area contributed by atoms with Crippen molar-refractivity contribution in [2.75, 3.05) is 51.3 Å². The Balaban J connectivity index is 1.36. The molecule has 2 aliphatic heterocycles. The molecule has 2 atom stereocenters. The maximum absolute atomic E-state index is 13.9. The first-order valence-electron chi connectivity index (χ1n) is 12.7. The van der Waals surface area contributed by atoms with Crippen LogP contribution in [0.15, 0.2) is 72.8 Å². The van der Waals surface area contributed by atoms with Gasteiger partial charge in [0.05, 0.1) is 13.0 Å². The number of halogens is 1. The van der Waals surface area contributed by atoms with Gasteiger partial charge in [-0.25, -0.2) is 0 Å². The van der Waals surface area contributed by atoms with Gasteiger partial charge in [0, 0.05) is 61.5 Å². The fourth-order valence-corrected chi connectivity index (χ4v) is 5.74. The van der Waals surface area contributed by atoms with Gasteiger partial charge in [-0.2, -0.15) is 0 Å². The zero-order valence-corrected chi connectivity index (χ0v) is 22.0. The second-order valence-corrected chi connectivity index (χ2v) is 10.2. The Morgan fingerprint density at radius 2 is 1.62 bits per heavy atom. The van der Waals surface area contributed by atoms with E-state index in [4.69, 9.17) is 16.3 Å². The molecule has 2 fully saturated rings. The van der Waals surface area contributed by atoms with Crippen molar-refractivity contribution < 1.29 is 14.3 Å². The van der Waals surface area contributed by atoms with E-state index in [9.17, 15) is 9.59 Å². The van der Waals surface area contributed by atoms with Gasteiger partial charge in [-0.05, 0) is 54.4 Å². The second-order valence-electron chi connectivity index (χ2n) is 9.81. The van der Waals surface area contributed by atoms with Crippen LogP contribution >= 0.6 is 11.6 Å². The summed E-state index contributed by atoms with van der Waals surface area (Å²) < 4.78 is 5.45. The van der Waals surface area contributed by atoms with E-state index in [0.717, 1.165) is 24.4 Å². The second kappa shape index (κ2) is 10.9. The number of likely N-dealkylation sites (tertiary alicyclic amines) is 1. The molecule has 2 heterocycles. The van der Waals surface area contributed by atoms with Gasteiger partial charge in [0.2, 0.25) is 5.91 Å². The van der Waals surface area contributed by atoms with Gasteiger partial charge < -0.3 is 19.4 Å². The van der Waals surface area contributed by atoms with Crippen molar-refractivity contribution in [2.45, 2.75) is 12.8 Å². The lowest BCUT2D eigenvalue weighted by molar-refractivity contribution is -0.135. The number of para-hydroxylation sites is 1. The standard InChI is InChI=1S/C30H32ClN3O3/c1-21-7-3-4-12-28(21)32-13-15-33(16-14-32)30(36)27-20-34(29(35)23-9-5-10-24(31)17-23)19-26(27)22-8-6-11-25(18-22)37-2/h3-12,17-18,26-27H,13-16,19-20H2,1-2H3. The molecule has 3 aromatic carbocycles. The molecule has 3 aromatic rings. The van der Waals surface area contributed by atoms with Crippen LogP contribution in [-0.4, -0.2) is 68.0 Å². The summed E-state index contributed by atoms with van der Waals surface area (Å²) in [7, 11) is 1.64. The molecule has 2 unspecified atom stereocenters. The number of carbonyl (C=O) groups excluding carboxylic acids is 2. The van der Waals surface area contributed by atoms with E-state index in [0.29, 0.717) is 36.8 Å². The summed E-state index contributed by atoms with van der Waals surface area (Å²) >= 11 is 6.15. The van der Waals surface area contributed by atoms with Crippen LogP contribution in [0.2, 0.25) is 5.02 Å². The number of amides is 2. The quantitative estimate of drug-likeness (QED) is 0.485. The maximum Gasteiger partial charge on any atom is 0.253 e. The minimum absolute atomic E-state index is 0.102. The summed E-state index contributed by atoms with van der Waals surface area (Å²) in [6.07, 6.45) is 0. The van der Waals surface area contributed by atoms with Crippen molar-refractivity contribution in [1.82, 2.24) is 9.80 Å². The summed E-state index contributed by atoms with van der Waals surface area (Å²) in [6, 6.07) is 23.2. The van der Waals surface area contributed by atoms with Crippen molar-refractivity contribution in [3.8, 4) is 5.75 Å². The highest BCUT2D eigenvalue weighted by Gasteiger charge is 2.43.